The molecule has 2 rings (SSSR count). The summed E-state index contributed by atoms with van der Waals surface area (Å²) >= 11 is 3.27. The van der Waals surface area contributed by atoms with Gasteiger partial charge in [-0.05, 0) is 23.8 Å². The number of hydrogen-bond acceptors (Lipinski definition) is 2. The zero-order chi connectivity index (χ0) is 14.8. The van der Waals surface area contributed by atoms with Gasteiger partial charge in [0.15, 0.2) is 9.84 Å². The molecule has 0 aliphatic heterocycles. The minimum absolute atomic E-state index is 0.0454. The number of hydrogen-bond donors (Lipinski definition) is 0. The maximum Gasteiger partial charge on any atom is 0.182 e. The molecule has 0 bridgehead atoms. The van der Waals surface area contributed by atoms with Crippen LogP contribution in [0.2, 0.25) is 0 Å². The fourth-order valence-corrected chi connectivity index (χ4v) is 3.45. The first-order chi connectivity index (χ1) is 9.42. The molecule has 0 spiro atoms. The van der Waals surface area contributed by atoms with E-state index in [0.29, 0.717) is 11.4 Å². The highest BCUT2D eigenvalue weighted by Crippen LogP contribution is 2.20. The smallest absolute Gasteiger partial charge is 0.182 e. The second kappa shape index (κ2) is 6.01. The lowest BCUT2D eigenvalue weighted by Gasteiger charge is -2.06. The standard InChI is InChI=1S/C14H11BrF2O2S/c15-8-10-1-5-13(6-2-10)20(18,19)9-11-3-4-12(16)7-14(11)17/h1-7H,8-9H2. The third kappa shape index (κ3) is 3.43. The van der Waals surface area contributed by atoms with E-state index in [1.54, 1.807) is 12.1 Å². The van der Waals surface area contributed by atoms with Crippen LogP contribution in [-0.2, 0) is 20.9 Å². The Labute approximate surface area is 124 Å². The fraction of sp³-hybridized carbons (Fsp3) is 0.143. The minimum atomic E-state index is -3.65. The highest BCUT2D eigenvalue weighted by molar-refractivity contribution is 9.08. The summed E-state index contributed by atoms with van der Waals surface area (Å²) in [6.45, 7) is 0. The van der Waals surface area contributed by atoms with E-state index in [9.17, 15) is 17.2 Å². The maximum atomic E-state index is 13.5. The lowest BCUT2D eigenvalue weighted by Crippen LogP contribution is -2.06. The third-order valence-electron chi connectivity index (χ3n) is 2.80. The van der Waals surface area contributed by atoms with Crippen molar-refractivity contribution in [3.05, 3.63) is 65.2 Å². The molecule has 0 atom stereocenters. The van der Waals surface area contributed by atoms with Crippen molar-refractivity contribution in [3.63, 3.8) is 0 Å². The van der Waals surface area contributed by atoms with Crippen molar-refractivity contribution in [1.29, 1.82) is 0 Å². The minimum Gasteiger partial charge on any atom is -0.223 e. The molecule has 0 unspecified atom stereocenters. The predicted octanol–water partition coefficient (Wildman–Crippen LogP) is 3.83. The lowest BCUT2D eigenvalue weighted by molar-refractivity contribution is 0.569. The summed E-state index contributed by atoms with van der Waals surface area (Å²) in [5.41, 5.74) is 0.896. The third-order valence-corrected chi connectivity index (χ3v) is 5.13. The zero-order valence-electron chi connectivity index (χ0n) is 10.3. The van der Waals surface area contributed by atoms with Crippen LogP contribution >= 0.6 is 15.9 Å². The van der Waals surface area contributed by atoms with Gasteiger partial charge in [-0.3, -0.25) is 0 Å². The van der Waals surface area contributed by atoms with Crippen LogP contribution in [0.25, 0.3) is 0 Å². The Morgan fingerprint density at radius 2 is 1.65 bits per heavy atom. The summed E-state index contributed by atoms with van der Waals surface area (Å²) in [7, 11) is -3.65. The Bertz CT molecular complexity index is 712. The second-order valence-corrected chi connectivity index (χ2v) is 6.82. The van der Waals surface area contributed by atoms with E-state index >= 15 is 0 Å². The van der Waals surface area contributed by atoms with Gasteiger partial charge in [0.25, 0.3) is 0 Å². The molecule has 0 aliphatic carbocycles. The van der Waals surface area contributed by atoms with Gasteiger partial charge in [0.2, 0.25) is 0 Å². The van der Waals surface area contributed by atoms with Crippen molar-refractivity contribution in [3.8, 4) is 0 Å². The Hall–Kier alpha value is -1.27. The largest absolute Gasteiger partial charge is 0.223 e. The molecule has 0 heterocycles. The van der Waals surface area contributed by atoms with E-state index in [4.69, 9.17) is 0 Å². The SMILES string of the molecule is O=S(=O)(Cc1ccc(F)cc1F)c1ccc(CBr)cc1. The Balaban J connectivity index is 2.30. The van der Waals surface area contributed by atoms with Crippen LogP contribution in [0.4, 0.5) is 8.78 Å². The summed E-state index contributed by atoms with van der Waals surface area (Å²) in [4.78, 5) is 0.117. The molecule has 0 saturated heterocycles. The summed E-state index contributed by atoms with van der Waals surface area (Å²) < 4.78 is 50.6. The number of rotatable bonds is 4. The molecule has 20 heavy (non-hydrogen) atoms. The predicted molar refractivity (Wildman–Crippen MR) is 76.3 cm³/mol. The van der Waals surface area contributed by atoms with Crippen LogP contribution in [0.5, 0.6) is 0 Å². The molecule has 2 aromatic carbocycles. The van der Waals surface area contributed by atoms with E-state index in [1.807, 2.05) is 0 Å². The molecule has 6 heteroatoms. The second-order valence-electron chi connectivity index (χ2n) is 4.27. The summed E-state index contributed by atoms with van der Waals surface area (Å²) in [5.74, 6) is -2.08. The Morgan fingerprint density at radius 1 is 1.00 bits per heavy atom. The van der Waals surface area contributed by atoms with Crippen molar-refractivity contribution >= 4 is 25.8 Å². The van der Waals surface area contributed by atoms with Gasteiger partial charge < -0.3 is 0 Å². The van der Waals surface area contributed by atoms with Crippen molar-refractivity contribution in [2.24, 2.45) is 0 Å². The number of sulfone groups is 1. The van der Waals surface area contributed by atoms with Gasteiger partial charge in [-0.2, -0.15) is 0 Å². The van der Waals surface area contributed by atoms with Gasteiger partial charge in [-0.15, -0.1) is 0 Å². The molecular weight excluding hydrogens is 350 g/mol. The molecule has 0 aromatic heterocycles. The summed E-state index contributed by atoms with van der Waals surface area (Å²) in [6.07, 6.45) is 0. The van der Waals surface area contributed by atoms with Gasteiger partial charge in [-0.1, -0.05) is 34.1 Å². The molecule has 2 aromatic rings. The van der Waals surface area contributed by atoms with Crippen molar-refractivity contribution in [2.75, 3.05) is 0 Å². The van der Waals surface area contributed by atoms with Gasteiger partial charge >= 0.3 is 0 Å². The van der Waals surface area contributed by atoms with Crippen molar-refractivity contribution in [1.82, 2.24) is 0 Å². The van der Waals surface area contributed by atoms with E-state index in [-0.39, 0.29) is 10.5 Å². The molecule has 106 valence electrons. The molecule has 0 aliphatic rings. The first kappa shape index (κ1) is 15.1. The molecule has 0 fully saturated rings. The van der Waals surface area contributed by atoms with Crippen LogP contribution in [0.3, 0.4) is 0 Å². The van der Waals surface area contributed by atoms with E-state index < -0.39 is 27.2 Å². The highest BCUT2D eigenvalue weighted by atomic mass is 79.9. The maximum absolute atomic E-state index is 13.5. The van der Waals surface area contributed by atoms with Gasteiger partial charge in [0.05, 0.1) is 10.6 Å². The lowest BCUT2D eigenvalue weighted by atomic mass is 10.2. The van der Waals surface area contributed by atoms with Crippen molar-refractivity contribution < 1.29 is 17.2 Å². The summed E-state index contributed by atoms with van der Waals surface area (Å²) in [6, 6.07) is 9.20. The van der Waals surface area contributed by atoms with Gasteiger partial charge in [0, 0.05) is 17.0 Å². The average Bonchev–Trinajstić information content (AvgIpc) is 2.42. The molecule has 0 radical (unpaired) electrons. The van der Waals surface area contributed by atoms with Gasteiger partial charge in [0.1, 0.15) is 11.6 Å². The number of alkyl halides is 1. The topological polar surface area (TPSA) is 34.1 Å². The van der Waals surface area contributed by atoms with E-state index in [2.05, 4.69) is 15.9 Å². The van der Waals surface area contributed by atoms with E-state index in [0.717, 1.165) is 17.7 Å². The summed E-state index contributed by atoms with van der Waals surface area (Å²) in [5, 5.41) is 0.625. The number of halogens is 3. The number of benzene rings is 2. The Kier molecular flexibility index (Phi) is 4.55. The van der Waals surface area contributed by atoms with Crippen LogP contribution < -0.4 is 0 Å². The zero-order valence-corrected chi connectivity index (χ0v) is 12.7. The molecular formula is C14H11BrF2O2S. The van der Waals surface area contributed by atoms with Crippen LogP contribution in [0.1, 0.15) is 11.1 Å². The molecule has 0 N–H and O–H groups in total. The Morgan fingerprint density at radius 3 is 2.20 bits per heavy atom. The average molecular weight is 361 g/mol. The van der Waals surface area contributed by atoms with Crippen LogP contribution in [0, 0.1) is 11.6 Å². The molecule has 2 nitrogen and oxygen atoms in total. The molecule has 0 saturated carbocycles. The van der Waals surface area contributed by atoms with Gasteiger partial charge in [-0.25, -0.2) is 17.2 Å². The van der Waals surface area contributed by atoms with Crippen LogP contribution in [-0.4, -0.2) is 8.42 Å². The van der Waals surface area contributed by atoms with Crippen molar-refractivity contribution in [2.45, 2.75) is 16.0 Å². The fourth-order valence-electron chi connectivity index (χ4n) is 1.71. The first-order valence-corrected chi connectivity index (χ1v) is 8.51. The first-order valence-electron chi connectivity index (χ1n) is 5.74. The monoisotopic (exact) mass is 360 g/mol. The highest BCUT2D eigenvalue weighted by Gasteiger charge is 2.17. The molecule has 0 amide bonds. The quantitative estimate of drug-likeness (QED) is 0.776. The van der Waals surface area contributed by atoms with E-state index in [1.165, 1.54) is 12.1 Å². The normalized spacial score (nSPS) is 11.6. The van der Waals surface area contributed by atoms with Crippen LogP contribution in [0.15, 0.2) is 47.4 Å².